The molecule has 0 heterocycles. The molecule has 1 fully saturated rings. The van der Waals surface area contributed by atoms with Gasteiger partial charge in [-0.1, -0.05) is 40.0 Å². The molecule has 19 heavy (non-hydrogen) atoms. The molecule has 1 N–H and O–H groups in total. The zero-order valence-electron chi connectivity index (χ0n) is 13.8. The van der Waals surface area contributed by atoms with Gasteiger partial charge in [0.25, 0.3) is 0 Å². The average Bonchev–Trinajstić information content (AvgIpc) is 2.45. The highest BCUT2D eigenvalue weighted by Crippen LogP contribution is 2.29. The van der Waals surface area contributed by atoms with Crippen LogP contribution in [-0.2, 0) is 0 Å². The summed E-state index contributed by atoms with van der Waals surface area (Å²) in [6.45, 7) is 9.38. The maximum Gasteiger partial charge on any atom is 0.0248 e. The molecule has 0 spiro atoms. The summed E-state index contributed by atoms with van der Waals surface area (Å²) in [4.78, 5) is 2.64. The Labute approximate surface area is 121 Å². The fourth-order valence-electron chi connectivity index (χ4n) is 3.43. The summed E-state index contributed by atoms with van der Waals surface area (Å²) in [7, 11) is 2.35. The van der Waals surface area contributed by atoms with Crippen molar-refractivity contribution in [1.29, 1.82) is 0 Å². The maximum atomic E-state index is 3.80. The van der Waals surface area contributed by atoms with Crippen molar-refractivity contribution in [3.05, 3.63) is 0 Å². The van der Waals surface area contributed by atoms with E-state index in [0.717, 1.165) is 18.0 Å². The standard InChI is InChI=1S/C17H36N2/c1-5-8-9-13-19(4)17-14-15(7-3)10-11-16(17)18-12-6-2/h15-18H,5-14H2,1-4H3. The van der Waals surface area contributed by atoms with Crippen molar-refractivity contribution in [3.63, 3.8) is 0 Å². The van der Waals surface area contributed by atoms with E-state index in [1.807, 2.05) is 0 Å². The Hall–Kier alpha value is -0.0800. The van der Waals surface area contributed by atoms with Crippen LogP contribution in [0.4, 0.5) is 0 Å². The van der Waals surface area contributed by atoms with Crippen molar-refractivity contribution >= 4 is 0 Å². The van der Waals surface area contributed by atoms with Crippen LogP contribution < -0.4 is 5.32 Å². The van der Waals surface area contributed by atoms with Gasteiger partial charge in [0.15, 0.2) is 0 Å². The van der Waals surface area contributed by atoms with Crippen LogP contribution in [0.3, 0.4) is 0 Å². The van der Waals surface area contributed by atoms with Gasteiger partial charge in [-0.05, 0) is 58.2 Å². The van der Waals surface area contributed by atoms with Crippen LogP contribution in [0.2, 0.25) is 0 Å². The Morgan fingerprint density at radius 3 is 2.47 bits per heavy atom. The van der Waals surface area contributed by atoms with E-state index < -0.39 is 0 Å². The lowest BCUT2D eigenvalue weighted by molar-refractivity contribution is 0.116. The van der Waals surface area contributed by atoms with Crippen molar-refractivity contribution in [2.75, 3.05) is 20.1 Å². The predicted molar refractivity (Wildman–Crippen MR) is 85.7 cm³/mol. The Kier molecular flexibility index (Phi) is 8.72. The highest BCUT2D eigenvalue weighted by Gasteiger charge is 2.31. The number of hydrogen-bond donors (Lipinski definition) is 1. The molecule has 114 valence electrons. The van der Waals surface area contributed by atoms with Gasteiger partial charge in [-0.25, -0.2) is 0 Å². The van der Waals surface area contributed by atoms with Gasteiger partial charge < -0.3 is 10.2 Å². The molecule has 0 amide bonds. The lowest BCUT2D eigenvalue weighted by Gasteiger charge is -2.41. The van der Waals surface area contributed by atoms with Crippen LogP contribution in [0.5, 0.6) is 0 Å². The minimum Gasteiger partial charge on any atom is -0.312 e. The third kappa shape index (κ3) is 5.83. The third-order valence-corrected chi connectivity index (χ3v) is 4.84. The van der Waals surface area contributed by atoms with Crippen LogP contribution in [0, 0.1) is 5.92 Å². The zero-order valence-corrected chi connectivity index (χ0v) is 13.8. The van der Waals surface area contributed by atoms with E-state index in [4.69, 9.17) is 0 Å². The number of likely N-dealkylation sites (N-methyl/N-ethyl adjacent to an activating group) is 1. The average molecular weight is 268 g/mol. The van der Waals surface area contributed by atoms with Gasteiger partial charge in [0.05, 0.1) is 0 Å². The Morgan fingerprint density at radius 2 is 1.84 bits per heavy atom. The minimum absolute atomic E-state index is 0.731. The lowest BCUT2D eigenvalue weighted by atomic mass is 9.80. The van der Waals surface area contributed by atoms with Gasteiger partial charge in [-0.3, -0.25) is 0 Å². The molecule has 0 aromatic heterocycles. The number of unbranched alkanes of at least 4 members (excludes halogenated alkanes) is 2. The molecule has 0 aromatic rings. The first kappa shape index (κ1) is 17.0. The molecule has 1 aliphatic rings. The predicted octanol–water partition coefficient (Wildman–Crippen LogP) is 4.06. The summed E-state index contributed by atoms with van der Waals surface area (Å²) < 4.78 is 0. The molecule has 3 atom stereocenters. The van der Waals surface area contributed by atoms with Crippen LogP contribution in [0.1, 0.15) is 72.1 Å². The highest BCUT2D eigenvalue weighted by molar-refractivity contribution is 4.90. The molecule has 3 unspecified atom stereocenters. The Bertz CT molecular complexity index is 217. The van der Waals surface area contributed by atoms with Crippen molar-refractivity contribution in [1.82, 2.24) is 10.2 Å². The fourth-order valence-corrected chi connectivity index (χ4v) is 3.43. The molecule has 1 rings (SSSR count). The van der Waals surface area contributed by atoms with E-state index in [-0.39, 0.29) is 0 Å². The Morgan fingerprint density at radius 1 is 1.05 bits per heavy atom. The quantitative estimate of drug-likeness (QED) is 0.635. The largest absolute Gasteiger partial charge is 0.312 e. The van der Waals surface area contributed by atoms with Crippen LogP contribution in [0.15, 0.2) is 0 Å². The summed E-state index contributed by atoms with van der Waals surface area (Å²) in [5.74, 6) is 0.957. The number of hydrogen-bond acceptors (Lipinski definition) is 2. The van der Waals surface area contributed by atoms with Crippen molar-refractivity contribution in [2.24, 2.45) is 5.92 Å². The summed E-state index contributed by atoms with van der Waals surface area (Å²) in [5, 5.41) is 3.80. The molecule has 0 radical (unpaired) electrons. The van der Waals surface area contributed by atoms with Crippen LogP contribution >= 0.6 is 0 Å². The van der Waals surface area contributed by atoms with Crippen molar-refractivity contribution in [2.45, 2.75) is 84.2 Å². The highest BCUT2D eigenvalue weighted by atomic mass is 15.2. The van der Waals surface area contributed by atoms with E-state index in [0.29, 0.717) is 0 Å². The molecule has 1 saturated carbocycles. The van der Waals surface area contributed by atoms with Crippen LogP contribution in [0.25, 0.3) is 0 Å². The summed E-state index contributed by atoms with van der Waals surface area (Å²) in [6.07, 6.45) is 10.9. The third-order valence-electron chi connectivity index (χ3n) is 4.84. The summed E-state index contributed by atoms with van der Waals surface area (Å²) >= 11 is 0. The molecule has 1 aliphatic carbocycles. The van der Waals surface area contributed by atoms with E-state index in [1.165, 1.54) is 64.5 Å². The first-order valence-electron chi connectivity index (χ1n) is 8.66. The zero-order chi connectivity index (χ0) is 14.1. The molecule has 0 aromatic carbocycles. The monoisotopic (exact) mass is 268 g/mol. The Balaban J connectivity index is 2.48. The van der Waals surface area contributed by atoms with Gasteiger partial charge in [0.2, 0.25) is 0 Å². The first-order chi connectivity index (χ1) is 9.22. The second-order valence-corrected chi connectivity index (χ2v) is 6.40. The van der Waals surface area contributed by atoms with Gasteiger partial charge in [-0.2, -0.15) is 0 Å². The SMILES string of the molecule is CCCCCN(C)C1CC(CC)CCC1NCCC. The van der Waals surface area contributed by atoms with E-state index in [1.54, 1.807) is 0 Å². The minimum atomic E-state index is 0.731. The number of nitrogens with zero attached hydrogens (tertiary/aromatic N) is 1. The van der Waals surface area contributed by atoms with Gasteiger partial charge in [0.1, 0.15) is 0 Å². The van der Waals surface area contributed by atoms with Crippen molar-refractivity contribution in [3.8, 4) is 0 Å². The summed E-state index contributed by atoms with van der Waals surface area (Å²) in [5.41, 5.74) is 0. The molecule has 0 bridgehead atoms. The van der Waals surface area contributed by atoms with Gasteiger partial charge in [-0.15, -0.1) is 0 Å². The molecule has 0 aliphatic heterocycles. The van der Waals surface area contributed by atoms with E-state index >= 15 is 0 Å². The maximum absolute atomic E-state index is 3.80. The molecule has 2 heteroatoms. The molecular weight excluding hydrogens is 232 g/mol. The van der Waals surface area contributed by atoms with Crippen molar-refractivity contribution < 1.29 is 0 Å². The number of nitrogens with one attached hydrogen (secondary N) is 1. The van der Waals surface area contributed by atoms with E-state index in [2.05, 4.69) is 38.0 Å². The topological polar surface area (TPSA) is 15.3 Å². The fraction of sp³-hybridized carbons (Fsp3) is 1.00. The molecule has 0 saturated heterocycles. The normalized spacial score (nSPS) is 27.9. The lowest BCUT2D eigenvalue weighted by Crippen LogP contribution is -2.52. The van der Waals surface area contributed by atoms with Gasteiger partial charge in [0, 0.05) is 12.1 Å². The second kappa shape index (κ2) is 9.77. The second-order valence-electron chi connectivity index (χ2n) is 6.40. The molecular formula is C17H36N2. The van der Waals surface area contributed by atoms with Gasteiger partial charge >= 0.3 is 0 Å². The first-order valence-corrected chi connectivity index (χ1v) is 8.66. The smallest absolute Gasteiger partial charge is 0.0248 e. The van der Waals surface area contributed by atoms with E-state index in [9.17, 15) is 0 Å². The summed E-state index contributed by atoms with van der Waals surface area (Å²) in [6, 6.07) is 1.50. The molecule has 2 nitrogen and oxygen atoms in total. The number of rotatable bonds is 9. The van der Waals surface area contributed by atoms with Crippen LogP contribution in [-0.4, -0.2) is 37.1 Å².